The Hall–Kier alpha value is -0.950. The molecular weight excluding hydrogens is 429 g/mol. The summed E-state index contributed by atoms with van der Waals surface area (Å²) < 4.78 is 0. The zero-order chi connectivity index (χ0) is 16.3. The average molecular weight is 457 g/mol. The molecule has 0 aromatic heterocycles. The number of hydrogen-bond donors (Lipinski definition) is 2. The molecule has 0 saturated carbocycles. The van der Waals surface area contributed by atoms with Crippen LogP contribution in [0.2, 0.25) is 0 Å². The SMILES string of the molecule is CN=C(NCCCCSC)NCCc1ccc2ccccc2c1.I. The lowest BCUT2D eigenvalue weighted by Gasteiger charge is -2.12. The van der Waals surface area contributed by atoms with E-state index in [-0.39, 0.29) is 24.0 Å². The standard InChI is InChI=1S/C19H27N3S.HI/c1-20-19(21-12-5-6-14-23-2)22-13-11-16-9-10-17-7-3-4-8-18(17)15-16;/h3-4,7-10,15H,5-6,11-14H2,1-2H3,(H2,20,21,22);1H. The van der Waals surface area contributed by atoms with Gasteiger partial charge < -0.3 is 10.6 Å². The van der Waals surface area contributed by atoms with Gasteiger partial charge in [-0.1, -0.05) is 42.5 Å². The predicted molar refractivity (Wildman–Crippen MR) is 120 cm³/mol. The summed E-state index contributed by atoms with van der Waals surface area (Å²) in [5.41, 5.74) is 1.35. The fourth-order valence-corrected chi connectivity index (χ4v) is 3.01. The van der Waals surface area contributed by atoms with Gasteiger partial charge >= 0.3 is 0 Å². The van der Waals surface area contributed by atoms with E-state index in [9.17, 15) is 0 Å². The maximum atomic E-state index is 4.28. The molecule has 0 radical (unpaired) electrons. The van der Waals surface area contributed by atoms with Crippen LogP contribution in [-0.2, 0) is 6.42 Å². The molecule has 0 bridgehead atoms. The Bertz CT molecular complexity index is 631. The maximum absolute atomic E-state index is 4.28. The molecule has 0 fully saturated rings. The minimum Gasteiger partial charge on any atom is -0.356 e. The molecule has 24 heavy (non-hydrogen) atoms. The summed E-state index contributed by atoms with van der Waals surface area (Å²) in [6.45, 7) is 1.87. The van der Waals surface area contributed by atoms with Crippen molar-refractivity contribution in [1.82, 2.24) is 10.6 Å². The van der Waals surface area contributed by atoms with E-state index >= 15 is 0 Å². The van der Waals surface area contributed by atoms with Gasteiger partial charge in [-0.05, 0) is 47.6 Å². The number of guanidine groups is 1. The minimum absolute atomic E-state index is 0. The lowest BCUT2D eigenvalue weighted by Crippen LogP contribution is -2.38. The first-order chi connectivity index (χ1) is 11.3. The van der Waals surface area contributed by atoms with Crippen LogP contribution < -0.4 is 10.6 Å². The van der Waals surface area contributed by atoms with Crippen molar-refractivity contribution in [3.05, 3.63) is 48.0 Å². The summed E-state index contributed by atoms with van der Waals surface area (Å²) in [5, 5.41) is 9.37. The molecule has 2 N–H and O–H groups in total. The van der Waals surface area contributed by atoms with Crippen molar-refractivity contribution in [2.75, 3.05) is 32.1 Å². The Morgan fingerprint density at radius 1 is 1.00 bits per heavy atom. The van der Waals surface area contributed by atoms with Crippen molar-refractivity contribution >= 4 is 52.5 Å². The number of halogens is 1. The Labute approximate surface area is 167 Å². The Balaban J connectivity index is 0.00000288. The fraction of sp³-hybridized carbons (Fsp3) is 0.421. The van der Waals surface area contributed by atoms with Gasteiger partial charge in [0.15, 0.2) is 5.96 Å². The van der Waals surface area contributed by atoms with Crippen LogP contribution in [0.1, 0.15) is 18.4 Å². The van der Waals surface area contributed by atoms with Crippen molar-refractivity contribution in [2.45, 2.75) is 19.3 Å². The average Bonchev–Trinajstić information content (AvgIpc) is 2.60. The van der Waals surface area contributed by atoms with E-state index in [1.807, 2.05) is 18.8 Å². The molecule has 0 amide bonds. The highest BCUT2D eigenvalue weighted by Gasteiger charge is 1.99. The number of nitrogens with one attached hydrogen (secondary N) is 2. The van der Waals surface area contributed by atoms with Gasteiger partial charge in [0.25, 0.3) is 0 Å². The van der Waals surface area contributed by atoms with Crippen molar-refractivity contribution in [3.63, 3.8) is 0 Å². The zero-order valence-electron chi connectivity index (χ0n) is 14.5. The van der Waals surface area contributed by atoms with Crippen molar-refractivity contribution in [2.24, 2.45) is 4.99 Å². The van der Waals surface area contributed by atoms with Gasteiger partial charge in [-0.25, -0.2) is 0 Å². The Kier molecular flexibility index (Phi) is 10.9. The lowest BCUT2D eigenvalue weighted by atomic mass is 10.1. The smallest absolute Gasteiger partial charge is 0.190 e. The highest BCUT2D eigenvalue weighted by atomic mass is 127. The number of nitrogens with zero attached hydrogens (tertiary/aromatic N) is 1. The summed E-state index contributed by atoms with van der Waals surface area (Å²) >= 11 is 1.90. The Morgan fingerprint density at radius 3 is 2.50 bits per heavy atom. The molecule has 5 heteroatoms. The van der Waals surface area contributed by atoms with Gasteiger partial charge in [0.1, 0.15) is 0 Å². The van der Waals surface area contributed by atoms with Crippen LogP contribution in [-0.4, -0.2) is 38.1 Å². The molecule has 0 spiro atoms. The molecule has 0 aliphatic carbocycles. The number of rotatable bonds is 8. The van der Waals surface area contributed by atoms with E-state index in [2.05, 4.69) is 64.3 Å². The first-order valence-corrected chi connectivity index (χ1v) is 9.64. The van der Waals surface area contributed by atoms with Crippen LogP contribution in [0, 0.1) is 0 Å². The van der Waals surface area contributed by atoms with Crippen LogP contribution >= 0.6 is 35.7 Å². The van der Waals surface area contributed by atoms with Crippen molar-refractivity contribution in [3.8, 4) is 0 Å². The Morgan fingerprint density at radius 2 is 1.75 bits per heavy atom. The van der Waals surface area contributed by atoms with E-state index in [0.29, 0.717) is 0 Å². The normalized spacial score (nSPS) is 11.2. The molecule has 2 aromatic rings. The van der Waals surface area contributed by atoms with Gasteiger partial charge in [0, 0.05) is 20.1 Å². The molecular formula is C19H28IN3S. The second kappa shape index (κ2) is 12.4. The minimum atomic E-state index is 0. The van der Waals surface area contributed by atoms with E-state index < -0.39 is 0 Å². The molecule has 2 aromatic carbocycles. The van der Waals surface area contributed by atoms with Gasteiger partial charge in [-0.2, -0.15) is 11.8 Å². The molecule has 132 valence electrons. The predicted octanol–water partition coefficient (Wildman–Crippen LogP) is 4.31. The number of thioether (sulfide) groups is 1. The van der Waals surface area contributed by atoms with E-state index in [4.69, 9.17) is 0 Å². The molecule has 0 unspecified atom stereocenters. The summed E-state index contributed by atoms with van der Waals surface area (Å²) in [5.74, 6) is 2.13. The highest BCUT2D eigenvalue weighted by molar-refractivity contribution is 14.0. The lowest BCUT2D eigenvalue weighted by molar-refractivity contribution is 0.731. The van der Waals surface area contributed by atoms with Gasteiger partial charge in [-0.3, -0.25) is 4.99 Å². The van der Waals surface area contributed by atoms with Crippen molar-refractivity contribution in [1.29, 1.82) is 0 Å². The van der Waals surface area contributed by atoms with Crippen LogP contribution in [0.3, 0.4) is 0 Å². The molecule has 0 saturated heterocycles. The van der Waals surface area contributed by atoms with Crippen LogP contribution in [0.4, 0.5) is 0 Å². The third-order valence-corrected chi connectivity index (χ3v) is 4.51. The third-order valence-electron chi connectivity index (χ3n) is 3.81. The number of benzene rings is 2. The molecule has 0 heterocycles. The number of hydrogen-bond acceptors (Lipinski definition) is 2. The van der Waals surface area contributed by atoms with Gasteiger partial charge in [-0.15, -0.1) is 24.0 Å². The summed E-state index contributed by atoms with van der Waals surface area (Å²) in [4.78, 5) is 4.28. The quantitative estimate of drug-likeness (QED) is 0.269. The fourth-order valence-electron chi connectivity index (χ4n) is 2.52. The molecule has 2 rings (SSSR count). The molecule has 3 nitrogen and oxygen atoms in total. The number of aliphatic imine (C=N–C) groups is 1. The first kappa shape index (κ1) is 21.1. The maximum Gasteiger partial charge on any atom is 0.190 e. The van der Waals surface area contributed by atoms with Gasteiger partial charge in [0.05, 0.1) is 0 Å². The second-order valence-electron chi connectivity index (χ2n) is 5.56. The van der Waals surface area contributed by atoms with E-state index in [1.165, 1.54) is 34.9 Å². The van der Waals surface area contributed by atoms with Crippen LogP contribution in [0.15, 0.2) is 47.5 Å². The summed E-state index contributed by atoms with van der Waals surface area (Å²) in [7, 11) is 1.83. The number of unbranched alkanes of at least 4 members (excludes halogenated alkanes) is 1. The highest BCUT2D eigenvalue weighted by Crippen LogP contribution is 2.15. The second-order valence-corrected chi connectivity index (χ2v) is 6.54. The summed E-state index contributed by atoms with van der Waals surface area (Å²) in [6.07, 6.45) is 5.59. The van der Waals surface area contributed by atoms with Gasteiger partial charge in [0.2, 0.25) is 0 Å². The molecule has 0 aliphatic rings. The first-order valence-electron chi connectivity index (χ1n) is 8.24. The third kappa shape index (κ3) is 7.30. The summed E-state index contributed by atoms with van der Waals surface area (Å²) in [6, 6.07) is 15.2. The van der Waals surface area contributed by atoms with Crippen molar-refractivity contribution < 1.29 is 0 Å². The molecule has 0 atom stereocenters. The van der Waals surface area contributed by atoms with E-state index in [1.54, 1.807) is 0 Å². The topological polar surface area (TPSA) is 36.4 Å². The monoisotopic (exact) mass is 457 g/mol. The zero-order valence-corrected chi connectivity index (χ0v) is 17.7. The van der Waals surface area contributed by atoms with E-state index in [0.717, 1.165) is 25.5 Å². The van der Waals surface area contributed by atoms with Crippen LogP contribution in [0.25, 0.3) is 10.8 Å². The van der Waals surface area contributed by atoms with Crippen LogP contribution in [0.5, 0.6) is 0 Å². The largest absolute Gasteiger partial charge is 0.356 e. The molecule has 0 aliphatic heterocycles. The number of fused-ring (bicyclic) bond motifs is 1.